The molecule has 1 heterocycles. The lowest BCUT2D eigenvalue weighted by Gasteiger charge is -2.17. The van der Waals surface area contributed by atoms with Gasteiger partial charge in [0.2, 0.25) is 0 Å². The highest BCUT2D eigenvalue weighted by Crippen LogP contribution is 2.24. The van der Waals surface area contributed by atoms with E-state index in [1.807, 2.05) is 14.0 Å². The second-order valence-corrected chi connectivity index (χ2v) is 5.51. The summed E-state index contributed by atoms with van der Waals surface area (Å²) in [6.45, 7) is 6.10. The van der Waals surface area contributed by atoms with Crippen molar-refractivity contribution in [1.82, 2.24) is 9.78 Å². The van der Waals surface area contributed by atoms with Gasteiger partial charge in [0.15, 0.2) is 0 Å². The van der Waals surface area contributed by atoms with Crippen LogP contribution in [-0.2, 0) is 7.05 Å². The van der Waals surface area contributed by atoms with Gasteiger partial charge in [0, 0.05) is 13.1 Å². The van der Waals surface area contributed by atoms with Crippen LogP contribution in [-0.4, -0.2) is 14.8 Å². The molecule has 0 amide bonds. The number of anilines is 1. The van der Waals surface area contributed by atoms with Crippen LogP contribution < -0.4 is 11.1 Å². The molecule has 1 aromatic heterocycles. The van der Waals surface area contributed by atoms with Gasteiger partial charge in [-0.25, -0.2) is 0 Å². The van der Waals surface area contributed by atoms with Crippen LogP contribution in [0.25, 0.3) is 0 Å². The number of hydrogen-bond acceptors (Lipinski definition) is 3. The zero-order valence-corrected chi connectivity index (χ0v) is 13.1. The molecule has 2 rings (SSSR count). The van der Waals surface area contributed by atoms with Crippen molar-refractivity contribution < 1.29 is 0 Å². The van der Waals surface area contributed by atoms with E-state index in [1.54, 1.807) is 4.68 Å². The summed E-state index contributed by atoms with van der Waals surface area (Å²) in [4.78, 5) is 0.370. The van der Waals surface area contributed by atoms with Crippen molar-refractivity contribution >= 4 is 23.0 Å². The highest BCUT2D eigenvalue weighted by molar-refractivity contribution is 7.80. The quantitative estimate of drug-likeness (QED) is 0.849. The maximum absolute atomic E-state index is 5.80. The normalized spacial score (nSPS) is 12.2. The first-order valence-electron chi connectivity index (χ1n) is 6.56. The first-order valence-corrected chi connectivity index (χ1v) is 6.97. The molecule has 1 atom stereocenters. The zero-order valence-electron chi connectivity index (χ0n) is 12.3. The molecule has 5 heteroatoms. The Labute approximate surface area is 125 Å². The molecular formula is C15H20N4S. The van der Waals surface area contributed by atoms with E-state index in [0.717, 1.165) is 17.1 Å². The van der Waals surface area contributed by atoms with Crippen molar-refractivity contribution in [3.05, 3.63) is 46.6 Å². The summed E-state index contributed by atoms with van der Waals surface area (Å²) < 4.78 is 1.79. The molecule has 0 spiro atoms. The number of hydrogen-bond donors (Lipinski definition) is 2. The second-order valence-electron chi connectivity index (χ2n) is 5.07. The Bertz CT molecular complexity index is 628. The van der Waals surface area contributed by atoms with Crippen LogP contribution in [0.15, 0.2) is 24.3 Å². The van der Waals surface area contributed by atoms with Gasteiger partial charge in [-0.3, -0.25) is 4.68 Å². The molecule has 3 N–H and O–H groups in total. The number of rotatable bonds is 4. The van der Waals surface area contributed by atoms with Crippen molar-refractivity contribution in [3.8, 4) is 0 Å². The highest BCUT2D eigenvalue weighted by Gasteiger charge is 2.17. The average molecular weight is 288 g/mol. The summed E-state index contributed by atoms with van der Waals surface area (Å²) in [6.07, 6.45) is 0. The number of nitrogens with one attached hydrogen (secondary N) is 1. The average Bonchev–Trinajstić information content (AvgIpc) is 2.64. The molecule has 1 aromatic carbocycles. The number of aromatic nitrogens is 2. The predicted molar refractivity (Wildman–Crippen MR) is 87.0 cm³/mol. The van der Waals surface area contributed by atoms with Crippen LogP contribution in [0.2, 0.25) is 0 Å². The predicted octanol–water partition coefficient (Wildman–Crippen LogP) is 2.84. The second kappa shape index (κ2) is 5.63. The van der Waals surface area contributed by atoms with Crippen LogP contribution >= 0.6 is 12.2 Å². The number of nitrogens with zero attached hydrogens (tertiary/aromatic N) is 2. The first-order chi connectivity index (χ1) is 9.40. The van der Waals surface area contributed by atoms with E-state index in [-0.39, 0.29) is 6.04 Å². The van der Waals surface area contributed by atoms with Crippen LogP contribution in [0, 0.1) is 13.8 Å². The molecule has 106 valence electrons. The van der Waals surface area contributed by atoms with Crippen molar-refractivity contribution in [2.24, 2.45) is 12.8 Å². The summed E-state index contributed by atoms with van der Waals surface area (Å²) in [5.74, 6) is 0.864. The first kappa shape index (κ1) is 14.5. The number of benzene rings is 1. The van der Waals surface area contributed by atoms with Gasteiger partial charge in [0.25, 0.3) is 0 Å². The molecule has 0 bridgehead atoms. The number of aryl methyl sites for hydroxylation is 3. The summed E-state index contributed by atoms with van der Waals surface area (Å²) in [5.41, 5.74) is 9.93. The van der Waals surface area contributed by atoms with Crippen molar-refractivity contribution in [3.63, 3.8) is 0 Å². The van der Waals surface area contributed by atoms with E-state index in [9.17, 15) is 0 Å². The third kappa shape index (κ3) is 2.82. The molecule has 0 aliphatic heterocycles. The minimum atomic E-state index is 0.151. The van der Waals surface area contributed by atoms with E-state index >= 15 is 0 Å². The van der Waals surface area contributed by atoms with Gasteiger partial charge >= 0.3 is 0 Å². The fraction of sp³-hybridized carbons (Fsp3) is 0.333. The van der Waals surface area contributed by atoms with Crippen LogP contribution in [0.5, 0.6) is 0 Å². The largest absolute Gasteiger partial charge is 0.389 e. The summed E-state index contributed by atoms with van der Waals surface area (Å²) >= 11 is 5.12. The smallest absolute Gasteiger partial charge is 0.135 e. The van der Waals surface area contributed by atoms with Gasteiger partial charge in [0.05, 0.1) is 11.3 Å². The molecule has 0 radical (unpaired) electrons. The number of thiocarbonyl (C=S) groups is 1. The van der Waals surface area contributed by atoms with Gasteiger partial charge in [-0.05, 0) is 26.3 Å². The molecule has 0 saturated heterocycles. The molecular weight excluding hydrogens is 268 g/mol. The van der Waals surface area contributed by atoms with E-state index < -0.39 is 0 Å². The van der Waals surface area contributed by atoms with Crippen LogP contribution in [0.3, 0.4) is 0 Å². The Balaban J connectivity index is 2.30. The maximum atomic E-state index is 5.80. The minimum absolute atomic E-state index is 0.151. The third-order valence-corrected chi connectivity index (χ3v) is 3.60. The lowest BCUT2D eigenvalue weighted by molar-refractivity contribution is 0.742. The summed E-state index contributed by atoms with van der Waals surface area (Å²) in [6, 6.07) is 8.61. The molecule has 0 saturated carbocycles. The molecule has 0 fully saturated rings. The van der Waals surface area contributed by atoms with Gasteiger partial charge in [0.1, 0.15) is 10.8 Å². The van der Waals surface area contributed by atoms with Crippen LogP contribution in [0.1, 0.15) is 35.3 Å². The van der Waals surface area contributed by atoms with Crippen LogP contribution in [0.4, 0.5) is 5.82 Å². The minimum Gasteiger partial charge on any atom is -0.389 e. The lowest BCUT2D eigenvalue weighted by Crippen LogP contribution is -2.16. The Morgan fingerprint density at radius 3 is 2.45 bits per heavy atom. The highest BCUT2D eigenvalue weighted by atomic mass is 32.1. The molecule has 0 aliphatic carbocycles. The van der Waals surface area contributed by atoms with Crippen molar-refractivity contribution in [2.45, 2.75) is 26.8 Å². The number of nitrogens with two attached hydrogens (primary N) is 1. The Kier molecular flexibility index (Phi) is 4.09. The lowest BCUT2D eigenvalue weighted by atomic mass is 10.1. The summed E-state index contributed by atoms with van der Waals surface area (Å²) in [5, 5.41) is 7.83. The Morgan fingerprint density at radius 1 is 1.30 bits per heavy atom. The SMILES string of the molecule is Cc1ccc(C(C)Nc2c(C(N)=S)c(C)nn2C)cc1. The van der Waals surface area contributed by atoms with Crippen molar-refractivity contribution in [1.29, 1.82) is 0 Å². The topological polar surface area (TPSA) is 55.9 Å². The fourth-order valence-corrected chi connectivity index (χ4v) is 2.51. The van der Waals surface area contributed by atoms with Crippen molar-refractivity contribution in [2.75, 3.05) is 5.32 Å². The molecule has 20 heavy (non-hydrogen) atoms. The van der Waals surface area contributed by atoms with Gasteiger partial charge in [-0.2, -0.15) is 5.10 Å². The zero-order chi connectivity index (χ0) is 14.9. The fourth-order valence-electron chi connectivity index (χ4n) is 2.26. The van der Waals surface area contributed by atoms with Gasteiger partial charge < -0.3 is 11.1 Å². The maximum Gasteiger partial charge on any atom is 0.135 e. The van der Waals surface area contributed by atoms with Gasteiger partial charge in [-0.15, -0.1) is 0 Å². The Hall–Kier alpha value is -1.88. The standard InChI is InChI=1S/C15H20N4S/c1-9-5-7-12(8-6-9)10(2)17-15-13(14(16)20)11(3)18-19(15)4/h5-8,10,17H,1-4H3,(H2,16,20). The molecule has 2 aromatic rings. The molecule has 0 aliphatic rings. The third-order valence-electron chi connectivity index (χ3n) is 3.40. The van der Waals surface area contributed by atoms with Gasteiger partial charge in [-0.1, -0.05) is 42.0 Å². The molecule has 4 nitrogen and oxygen atoms in total. The Morgan fingerprint density at radius 2 is 1.90 bits per heavy atom. The van der Waals surface area contributed by atoms with E-state index in [1.165, 1.54) is 11.1 Å². The van der Waals surface area contributed by atoms with E-state index in [2.05, 4.69) is 48.5 Å². The summed E-state index contributed by atoms with van der Waals surface area (Å²) in [7, 11) is 1.89. The monoisotopic (exact) mass is 288 g/mol. The van der Waals surface area contributed by atoms with E-state index in [0.29, 0.717) is 4.99 Å². The van der Waals surface area contributed by atoms with E-state index in [4.69, 9.17) is 18.0 Å². The molecule has 1 unspecified atom stereocenters.